The molecule has 112 valence electrons. The van der Waals surface area contributed by atoms with Gasteiger partial charge in [-0.3, -0.25) is 4.68 Å². The van der Waals surface area contributed by atoms with E-state index >= 15 is 0 Å². The average molecular weight is 295 g/mol. The van der Waals surface area contributed by atoms with Gasteiger partial charge in [-0.15, -0.1) is 0 Å². The number of hydrogen-bond acceptors (Lipinski definition) is 2. The zero-order valence-corrected chi connectivity index (χ0v) is 11.7. The van der Waals surface area contributed by atoms with Crippen molar-refractivity contribution >= 4 is 0 Å². The Kier molecular flexibility index (Phi) is 3.49. The van der Waals surface area contributed by atoms with Crippen LogP contribution in [0.4, 0.5) is 13.2 Å². The van der Waals surface area contributed by atoms with Crippen molar-refractivity contribution in [3.63, 3.8) is 0 Å². The number of halogens is 3. The fraction of sp³-hybridized carbons (Fsp3) is 0.400. The molecule has 0 amide bonds. The van der Waals surface area contributed by atoms with E-state index < -0.39 is 11.9 Å². The predicted molar refractivity (Wildman–Crippen MR) is 72.9 cm³/mol. The number of benzene rings is 1. The summed E-state index contributed by atoms with van der Waals surface area (Å²) in [6, 6.07) is 7.75. The van der Waals surface area contributed by atoms with Crippen molar-refractivity contribution in [2.45, 2.75) is 32.6 Å². The predicted octanol–water partition coefficient (Wildman–Crippen LogP) is 2.90. The number of fused-ring (bicyclic) bond motifs is 1. The lowest BCUT2D eigenvalue weighted by molar-refractivity contribution is -0.142. The van der Waals surface area contributed by atoms with E-state index in [0.29, 0.717) is 37.3 Å². The molecule has 1 aromatic carbocycles. The number of aromatic nitrogens is 2. The third kappa shape index (κ3) is 2.81. The summed E-state index contributed by atoms with van der Waals surface area (Å²) in [4.78, 5) is 0. The summed E-state index contributed by atoms with van der Waals surface area (Å²) in [6.45, 7) is 3.34. The number of nitrogens with zero attached hydrogens (tertiary/aromatic N) is 2. The smallest absolute Gasteiger partial charge is 0.311 e. The van der Waals surface area contributed by atoms with E-state index in [1.807, 2.05) is 31.2 Å². The molecule has 0 saturated carbocycles. The van der Waals surface area contributed by atoms with Crippen molar-refractivity contribution < 1.29 is 13.2 Å². The molecule has 0 saturated heterocycles. The lowest BCUT2D eigenvalue weighted by Gasteiger charge is -2.16. The van der Waals surface area contributed by atoms with E-state index in [1.165, 1.54) is 4.68 Å². The van der Waals surface area contributed by atoms with Crippen molar-refractivity contribution in [1.82, 2.24) is 15.1 Å². The molecule has 0 fully saturated rings. The van der Waals surface area contributed by atoms with E-state index in [1.54, 1.807) is 0 Å². The zero-order chi connectivity index (χ0) is 15.0. The summed E-state index contributed by atoms with van der Waals surface area (Å²) in [5.74, 6) is 0. The van der Waals surface area contributed by atoms with Crippen LogP contribution in [0, 0.1) is 6.92 Å². The van der Waals surface area contributed by atoms with Gasteiger partial charge in [0.15, 0.2) is 5.69 Å². The van der Waals surface area contributed by atoms with Gasteiger partial charge in [0.2, 0.25) is 0 Å². The van der Waals surface area contributed by atoms with Gasteiger partial charge in [-0.25, -0.2) is 0 Å². The third-order valence-electron chi connectivity index (χ3n) is 3.73. The Morgan fingerprint density at radius 2 is 1.95 bits per heavy atom. The molecule has 0 bridgehead atoms. The molecule has 1 aliphatic rings. The maximum absolute atomic E-state index is 13.1. The molecular weight excluding hydrogens is 279 g/mol. The van der Waals surface area contributed by atoms with Crippen LogP contribution in [0.5, 0.6) is 0 Å². The first-order valence-electron chi connectivity index (χ1n) is 6.87. The summed E-state index contributed by atoms with van der Waals surface area (Å²) in [6.07, 6.45) is -4.02. The van der Waals surface area contributed by atoms with Gasteiger partial charge < -0.3 is 5.32 Å². The summed E-state index contributed by atoms with van der Waals surface area (Å²) < 4.78 is 40.7. The molecule has 1 aromatic heterocycles. The van der Waals surface area contributed by atoms with Crippen LogP contribution in [0.1, 0.15) is 28.1 Å². The van der Waals surface area contributed by atoms with Gasteiger partial charge in [0.25, 0.3) is 0 Å². The molecule has 1 N–H and O–H groups in total. The Bertz CT molecular complexity index is 641. The quantitative estimate of drug-likeness (QED) is 0.923. The molecule has 0 spiro atoms. The van der Waals surface area contributed by atoms with Crippen LogP contribution in [0.2, 0.25) is 0 Å². The zero-order valence-electron chi connectivity index (χ0n) is 11.7. The van der Waals surface area contributed by atoms with Gasteiger partial charge >= 0.3 is 6.18 Å². The minimum atomic E-state index is -4.39. The molecule has 1 aliphatic heterocycles. The van der Waals surface area contributed by atoms with Crippen molar-refractivity contribution in [2.24, 2.45) is 0 Å². The van der Waals surface area contributed by atoms with Gasteiger partial charge in [0.1, 0.15) is 0 Å². The molecule has 21 heavy (non-hydrogen) atoms. The maximum Gasteiger partial charge on any atom is 0.435 e. The molecular formula is C15H16F3N3. The molecule has 0 unspecified atom stereocenters. The second-order valence-electron chi connectivity index (χ2n) is 5.34. The Morgan fingerprint density at radius 1 is 1.24 bits per heavy atom. The minimum absolute atomic E-state index is 0.341. The highest BCUT2D eigenvalue weighted by Gasteiger charge is 2.39. The van der Waals surface area contributed by atoms with Gasteiger partial charge in [0.05, 0.1) is 12.2 Å². The first-order valence-corrected chi connectivity index (χ1v) is 6.87. The van der Waals surface area contributed by atoms with Crippen LogP contribution in [0.3, 0.4) is 0 Å². The molecule has 3 nitrogen and oxygen atoms in total. The van der Waals surface area contributed by atoms with Crippen LogP contribution < -0.4 is 5.32 Å². The van der Waals surface area contributed by atoms with Crippen LogP contribution in [0.15, 0.2) is 24.3 Å². The molecule has 0 aliphatic carbocycles. The van der Waals surface area contributed by atoms with Crippen molar-refractivity contribution in [3.05, 3.63) is 52.3 Å². The molecule has 2 heterocycles. The summed E-state index contributed by atoms with van der Waals surface area (Å²) in [7, 11) is 0. The first-order chi connectivity index (χ1) is 9.95. The Hall–Kier alpha value is -1.82. The Morgan fingerprint density at radius 3 is 2.62 bits per heavy atom. The Balaban J connectivity index is 1.98. The number of alkyl halides is 3. The number of aryl methyl sites for hydroxylation is 1. The SMILES string of the molecule is Cc1ccc(Cn2nc(C(F)(F)F)c3c2CNCC3)cc1. The molecule has 0 atom stereocenters. The van der Waals surface area contributed by atoms with Gasteiger partial charge in [0, 0.05) is 12.1 Å². The molecule has 0 radical (unpaired) electrons. The normalized spacial score (nSPS) is 15.0. The van der Waals surface area contributed by atoms with E-state index in [9.17, 15) is 13.2 Å². The monoisotopic (exact) mass is 295 g/mol. The summed E-state index contributed by atoms with van der Waals surface area (Å²) in [5, 5.41) is 6.95. The summed E-state index contributed by atoms with van der Waals surface area (Å²) >= 11 is 0. The van der Waals surface area contributed by atoms with Crippen molar-refractivity contribution in [3.8, 4) is 0 Å². The Labute approximate surface area is 120 Å². The lowest BCUT2D eigenvalue weighted by Crippen LogP contribution is -2.26. The average Bonchev–Trinajstić information content (AvgIpc) is 2.81. The first kappa shape index (κ1) is 14.1. The highest BCUT2D eigenvalue weighted by molar-refractivity contribution is 5.32. The van der Waals surface area contributed by atoms with Crippen molar-refractivity contribution in [1.29, 1.82) is 0 Å². The van der Waals surface area contributed by atoms with Gasteiger partial charge in [-0.05, 0) is 25.5 Å². The highest BCUT2D eigenvalue weighted by atomic mass is 19.4. The second kappa shape index (κ2) is 5.18. The number of nitrogens with one attached hydrogen (secondary N) is 1. The van der Waals surface area contributed by atoms with E-state index in [4.69, 9.17) is 0 Å². The van der Waals surface area contributed by atoms with Crippen LogP contribution in [-0.2, 0) is 25.7 Å². The number of hydrogen-bond donors (Lipinski definition) is 1. The van der Waals surface area contributed by atoms with E-state index in [2.05, 4.69) is 10.4 Å². The maximum atomic E-state index is 13.1. The third-order valence-corrected chi connectivity index (χ3v) is 3.73. The van der Waals surface area contributed by atoms with Gasteiger partial charge in [-0.1, -0.05) is 29.8 Å². The fourth-order valence-corrected chi connectivity index (χ4v) is 2.64. The van der Waals surface area contributed by atoms with Crippen LogP contribution in [-0.4, -0.2) is 16.3 Å². The molecule has 3 rings (SSSR count). The molecule has 6 heteroatoms. The standard InChI is InChI=1S/C15H16F3N3/c1-10-2-4-11(5-3-10)9-21-13-8-19-7-6-12(13)14(20-21)15(16,17)18/h2-5,19H,6-9H2,1H3. The largest absolute Gasteiger partial charge is 0.435 e. The van der Waals surface area contributed by atoms with E-state index in [0.717, 1.165) is 11.1 Å². The number of rotatable bonds is 2. The van der Waals surface area contributed by atoms with Gasteiger partial charge in [-0.2, -0.15) is 18.3 Å². The lowest BCUT2D eigenvalue weighted by atomic mass is 10.1. The van der Waals surface area contributed by atoms with E-state index in [-0.39, 0.29) is 0 Å². The summed E-state index contributed by atoms with van der Waals surface area (Å²) in [5.41, 5.74) is 2.33. The van der Waals surface area contributed by atoms with Crippen LogP contribution in [0.25, 0.3) is 0 Å². The topological polar surface area (TPSA) is 29.9 Å². The molecule has 2 aromatic rings. The second-order valence-corrected chi connectivity index (χ2v) is 5.34. The minimum Gasteiger partial charge on any atom is -0.311 e. The highest BCUT2D eigenvalue weighted by Crippen LogP contribution is 2.34. The van der Waals surface area contributed by atoms with Crippen LogP contribution >= 0.6 is 0 Å². The fourth-order valence-electron chi connectivity index (χ4n) is 2.64. The van der Waals surface area contributed by atoms with Crippen molar-refractivity contribution in [2.75, 3.05) is 6.54 Å².